The van der Waals surface area contributed by atoms with Gasteiger partial charge in [-0.2, -0.15) is 0 Å². The second-order valence-electron chi connectivity index (χ2n) is 8.53. The molecule has 1 atom stereocenters. The van der Waals surface area contributed by atoms with Crippen molar-refractivity contribution in [3.63, 3.8) is 0 Å². The lowest BCUT2D eigenvalue weighted by Crippen LogP contribution is -2.35. The summed E-state index contributed by atoms with van der Waals surface area (Å²) >= 11 is 0. The van der Waals surface area contributed by atoms with Crippen LogP contribution in [0, 0.1) is 12.7 Å². The summed E-state index contributed by atoms with van der Waals surface area (Å²) in [6, 6.07) is 10.0. The van der Waals surface area contributed by atoms with Crippen LogP contribution in [0.2, 0.25) is 0 Å². The van der Waals surface area contributed by atoms with Gasteiger partial charge in [0.15, 0.2) is 0 Å². The van der Waals surface area contributed by atoms with Gasteiger partial charge in [-0.25, -0.2) is 4.39 Å². The van der Waals surface area contributed by atoms with Crippen LogP contribution in [0.3, 0.4) is 0 Å². The molecule has 2 aromatic carbocycles. The summed E-state index contributed by atoms with van der Waals surface area (Å²) in [4.78, 5) is 29.3. The number of benzene rings is 2. The van der Waals surface area contributed by atoms with Crippen LogP contribution in [-0.2, 0) is 9.59 Å². The molecule has 1 fully saturated rings. The van der Waals surface area contributed by atoms with Gasteiger partial charge >= 0.3 is 0 Å². The number of nitrogens with zero attached hydrogens (tertiary/aromatic N) is 2. The summed E-state index contributed by atoms with van der Waals surface area (Å²) in [5, 5.41) is 11.2. The minimum absolute atomic E-state index is 0.00409. The van der Waals surface area contributed by atoms with Crippen LogP contribution in [0.1, 0.15) is 42.5 Å². The molecule has 1 amide bonds. The fourth-order valence-electron chi connectivity index (χ4n) is 3.85. The maximum absolute atomic E-state index is 13.6. The number of aliphatic hydroxyl groups is 1. The standard InChI is InChI=1S/C26H31FN2O4/c1-5-6-15-33-21-12-9-19(16-17(21)2)24(30)22-23(18-7-10-20(27)11-8-18)29(14-13-28(3)4)26(32)25(22)31/h7-12,16,23,30H,5-6,13-15H2,1-4H3. The molecule has 1 unspecified atom stereocenters. The van der Waals surface area contributed by atoms with Crippen molar-refractivity contribution in [2.45, 2.75) is 32.7 Å². The molecular weight excluding hydrogens is 423 g/mol. The van der Waals surface area contributed by atoms with E-state index in [1.807, 2.05) is 25.9 Å². The molecule has 1 heterocycles. The first-order valence-corrected chi connectivity index (χ1v) is 11.2. The summed E-state index contributed by atoms with van der Waals surface area (Å²) in [7, 11) is 3.74. The summed E-state index contributed by atoms with van der Waals surface area (Å²) < 4.78 is 19.3. The molecule has 33 heavy (non-hydrogen) atoms. The van der Waals surface area contributed by atoms with E-state index in [1.165, 1.54) is 29.2 Å². The van der Waals surface area contributed by atoms with Crippen LogP contribution < -0.4 is 4.74 Å². The first kappa shape index (κ1) is 24.5. The average molecular weight is 455 g/mol. The molecule has 3 rings (SSSR count). The number of carbonyl (C=O) groups excluding carboxylic acids is 2. The van der Waals surface area contributed by atoms with E-state index >= 15 is 0 Å². The van der Waals surface area contributed by atoms with Crippen molar-refractivity contribution in [1.29, 1.82) is 0 Å². The molecule has 0 spiro atoms. The highest BCUT2D eigenvalue weighted by atomic mass is 19.1. The summed E-state index contributed by atoms with van der Waals surface area (Å²) in [5.41, 5.74) is 1.81. The Balaban J connectivity index is 2.04. The van der Waals surface area contributed by atoms with Crippen LogP contribution in [0.5, 0.6) is 5.75 Å². The van der Waals surface area contributed by atoms with Crippen LogP contribution in [0.25, 0.3) is 5.76 Å². The number of Topliss-reactive ketones (excluding diaryl/α,β-unsaturated/α-hetero) is 1. The number of amides is 1. The first-order chi connectivity index (χ1) is 15.7. The fraction of sp³-hybridized carbons (Fsp3) is 0.385. The number of aliphatic hydroxyl groups excluding tert-OH is 1. The number of likely N-dealkylation sites (N-methyl/N-ethyl adjacent to an activating group) is 1. The molecule has 2 aromatic rings. The van der Waals surface area contributed by atoms with Crippen LogP contribution in [0.15, 0.2) is 48.0 Å². The van der Waals surface area contributed by atoms with E-state index in [9.17, 15) is 19.1 Å². The van der Waals surface area contributed by atoms with Gasteiger partial charge in [0, 0.05) is 18.7 Å². The first-order valence-electron chi connectivity index (χ1n) is 11.2. The Morgan fingerprint density at radius 3 is 2.45 bits per heavy atom. The van der Waals surface area contributed by atoms with Gasteiger partial charge in [0.1, 0.15) is 17.3 Å². The number of rotatable bonds is 9. The zero-order chi connectivity index (χ0) is 24.1. The maximum Gasteiger partial charge on any atom is 0.295 e. The van der Waals surface area contributed by atoms with Crippen LogP contribution in [-0.4, -0.2) is 60.4 Å². The van der Waals surface area contributed by atoms with Gasteiger partial charge in [-0.05, 0) is 68.9 Å². The van der Waals surface area contributed by atoms with Crippen LogP contribution in [0.4, 0.5) is 4.39 Å². The largest absolute Gasteiger partial charge is 0.507 e. The van der Waals surface area contributed by atoms with E-state index in [0.29, 0.717) is 36.6 Å². The van der Waals surface area contributed by atoms with Gasteiger partial charge in [0.05, 0.1) is 18.2 Å². The number of unbranched alkanes of at least 4 members (excludes halogenated alkanes) is 1. The maximum atomic E-state index is 13.6. The third kappa shape index (κ3) is 5.42. The van der Waals surface area contributed by atoms with Gasteiger partial charge in [-0.1, -0.05) is 25.5 Å². The Morgan fingerprint density at radius 1 is 1.15 bits per heavy atom. The molecule has 7 heteroatoms. The van der Waals surface area contributed by atoms with Crippen molar-refractivity contribution >= 4 is 17.4 Å². The van der Waals surface area contributed by atoms with E-state index < -0.39 is 23.5 Å². The normalized spacial score (nSPS) is 17.8. The van der Waals surface area contributed by atoms with E-state index in [0.717, 1.165) is 18.4 Å². The molecule has 1 aliphatic rings. The molecule has 6 nitrogen and oxygen atoms in total. The molecule has 0 saturated carbocycles. The van der Waals surface area contributed by atoms with Crippen molar-refractivity contribution in [3.8, 4) is 5.75 Å². The van der Waals surface area contributed by atoms with Crippen molar-refractivity contribution in [2.75, 3.05) is 33.8 Å². The molecule has 1 saturated heterocycles. The highest BCUT2D eigenvalue weighted by molar-refractivity contribution is 6.46. The number of ether oxygens (including phenoxy) is 1. The summed E-state index contributed by atoms with van der Waals surface area (Å²) in [5.74, 6) is -1.39. The number of likely N-dealkylation sites (tertiary alicyclic amines) is 1. The Morgan fingerprint density at radius 2 is 1.85 bits per heavy atom. The second kappa shape index (κ2) is 10.6. The monoisotopic (exact) mass is 454 g/mol. The van der Waals surface area contributed by atoms with Gasteiger partial charge < -0.3 is 19.6 Å². The van der Waals surface area contributed by atoms with Crippen molar-refractivity contribution in [3.05, 3.63) is 70.5 Å². The highest BCUT2D eigenvalue weighted by Gasteiger charge is 2.45. The Bertz CT molecular complexity index is 1050. The van der Waals surface area contributed by atoms with Crippen molar-refractivity contribution < 1.29 is 23.8 Å². The van der Waals surface area contributed by atoms with Gasteiger partial charge in [-0.15, -0.1) is 0 Å². The lowest BCUT2D eigenvalue weighted by atomic mass is 9.94. The molecular formula is C26H31FN2O4. The number of hydrogen-bond acceptors (Lipinski definition) is 5. The zero-order valence-electron chi connectivity index (χ0n) is 19.6. The molecule has 0 aliphatic carbocycles. The Labute approximate surface area is 194 Å². The molecule has 0 radical (unpaired) electrons. The lowest BCUT2D eigenvalue weighted by molar-refractivity contribution is -0.140. The van der Waals surface area contributed by atoms with Crippen molar-refractivity contribution in [1.82, 2.24) is 9.80 Å². The number of hydrogen-bond donors (Lipinski definition) is 1. The molecule has 0 bridgehead atoms. The van der Waals surface area contributed by atoms with Gasteiger partial charge in [-0.3, -0.25) is 9.59 Å². The van der Waals surface area contributed by atoms with Crippen molar-refractivity contribution in [2.24, 2.45) is 0 Å². The summed E-state index contributed by atoms with van der Waals surface area (Å²) in [6.45, 7) is 5.38. The van der Waals surface area contributed by atoms with Crippen LogP contribution >= 0.6 is 0 Å². The van der Waals surface area contributed by atoms with Gasteiger partial charge in [0.25, 0.3) is 11.7 Å². The van der Waals surface area contributed by atoms with E-state index in [2.05, 4.69) is 6.92 Å². The SMILES string of the molecule is CCCCOc1ccc(C(O)=C2C(=O)C(=O)N(CCN(C)C)C2c2ccc(F)cc2)cc1C. The third-order valence-corrected chi connectivity index (χ3v) is 5.72. The quantitative estimate of drug-likeness (QED) is 0.265. The predicted molar refractivity (Wildman–Crippen MR) is 126 cm³/mol. The number of aryl methyl sites for hydroxylation is 1. The van der Waals surface area contributed by atoms with E-state index in [1.54, 1.807) is 18.2 Å². The van der Waals surface area contributed by atoms with E-state index in [-0.39, 0.29) is 11.3 Å². The average Bonchev–Trinajstić information content (AvgIpc) is 3.03. The fourth-order valence-corrected chi connectivity index (χ4v) is 3.85. The summed E-state index contributed by atoms with van der Waals surface area (Å²) in [6.07, 6.45) is 1.96. The zero-order valence-corrected chi connectivity index (χ0v) is 19.6. The minimum atomic E-state index is -0.800. The number of halogens is 1. The van der Waals surface area contributed by atoms with Gasteiger partial charge in [0.2, 0.25) is 0 Å². The Hall–Kier alpha value is -3.19. The number of ketones is 1. The third-order valence-electron chi connectivity index (χ3n) is 5.72. The lowest BCUT2D eigenvalue weighted by Gasteiger charge is -2.26. The predicted octanol–water partition coefficient (Wildman–Crippen LogP) is 4.30. The minimum Gasteiger partial charge on any atom is -0.507 e. The van der Waals surface area contributed by atoms with E-state index in [4.69, 9.17) is 4.74 Å². The molecule has 1 aliphatic heterocycles. The highest BCUT2D eigenvalue weighted by Crippen LogP contribution is 2.39. The second-order valence-corrected chi connectivity index (χ2v) is 8.53. The smallest absolute Gasteiger partial charge is 0.295 e. The molecule has 176 valence electrons. The topological polar surface area (TPSA) is 70.1 Å². The molecule has 0 aromatic heterocycles. The Kier molecular flexibility index (Phi) is 7.87. The molecule has 1 N–H and O–H groups in total. The number of carbonyl (C=O) groups is 2.